The predicted octanol–water partition coefficient (Wildman–Crippen LogP) is 3.03. The van der Waals surface area contributed by atoms with Crippen LogP contribution in [0.3, 0.4) is 0 Å². The minimum absolute atomic E-state index is 0.190. The Morgan fingerprint density at radius 2 is 1.81 bits per heavy atom. The van der Waals surface area contributed by atoms with Crippen LogP contribution in [0.4, 0.5) is 5.95 Å². The van der Waals surface area contributed by atoms with Crippen LogP contribution in [-0.4, -0.2) is 25.8 Å². The van der Waals surface area contributed by atoms with E-state index in [0.29, 0.717) is 16.7 Å². The second-order valence-corrected chi connectivity index (χ2v) is 6.58. The molecule has 132 valence electrons. The topological polar surface area (TPSA) is 107 Å². The third-order valence-electron chi connectivity index (χ3n) is 3.77. The molecule has 0 aromatic carbocycles. The number of halogens is 1. The first kappa shape index (κ1) is 17.8. The number of hydrogen-bond donors (Lipinski definition) is 2. The quantitative estimate of drug-likeness (QED) is 0.716. The molecule has 1 amide bonds. The van der Waals surface area contributed by atoms with E-state index >= 15 is 0 Å². The van der Waals surface area contributed by atoms with E-state index in [1.807, 2.05) is 13.8 Å². The Labute approximate surface area is 155 Å². The van der Waals surface area contributed by atoms with E-state index in [9.17, 15) is 4.79 Å². The van der Waals surface area contributed by atoms with E-state index in [1.165, 1.54) is 6.20 Å². The van der Waals surface area contributed by atoms with Crippen molar-refractivity contribution in [2.24, 2.45) is 5.73 Å². The van der Waals surface area contributed by atoms with Gasteiger partial charge in [0.25, 0.3) is 5.91 Å². The second kappa shape index (κ2) is 7.05. The van der Waals surface area contributed by atoms with Gasteiger partial charge >= 0.3 is 0 Å². The minimum atomic E-state index is -0.583. The van der Waals surface area contributed by atoms with Crippen molar-refractivity contribution in [1.29, 1.82) is 0 Å². The molecular formula is C18H17ClN6O. The highest BCUT2D eigenvalue weighted by molar-refractivity contribution is 6.31. The van der Waals surface area contributed by atoms with Crippen LogP contribution in [0.1, 0.15) is 30.0 Å². The van der Waals surface area contributed by atoms with Crippen LogP contribution in [-0.2, 0) is 5.54 Å². The number of anilines is 1. The molecule has 26 heavy (non-hydrogen) atoms. The lowest BCUT2D eigenvalue weighted by atomic mass is 10.00. The number of nitrogens with zero attached hydrogens (tertiary/aromatic N) is 4. The SMILES string of the molecule is CC(C)(Nc1ncc(-c2ccnc(C(N)=O)c2)cn1)c1ncccc1Cl. The number of nitrogens with one attached hydrogen (secondary N) is 1. The van der Waals surface area contributed by atoms with Gasteiger partial charge in [0.15, 0.2) is 0 Å². The van der Waals surface area contributed by atoms with Crippen LogP contribution in [0.2, 0.25) is 5.02 Å². The maximum absolute atomic E-state index is 11.3. The second-order valence-electron chi connectivity index (χ2n) is 6.17. The van der Waals surface area contributed by atoms with Gasteiger partial charge in [0.1, 0.15) is 5.69 Å². The maximum atomic E-state index is 11.3. The number of nitrogens with two attached hydrogens (primary N) is 1. The molecule has 0 aliphatic carbocycles. The van der Waals surface area contributed by atoms with E-state index in [0.717, 1.165) is 11.1 Å². The zero-order chi connectivity index (χ0) is 18.7. The zero-order valence-electron chi connectivity index (χ0n) is 14.3. The van der Waals surface area contributed by atoms with E-state index in [4.69, 9.17) is 17.3 Å². The first-order chi connectivity index (χ1) is 12.4. The Balaban J connectivity index is 1.83. The average Bonchev–Trinajstić information content (AvgIpc) is 2.62. The van der Waals surface area contributed by atoms with E-state index < -0.39 is 11.4 Å². The van der Waals surface area contributed by atoms with Crippen LogP contribution >= 0.6 is 11.6 Å². The summed E-state index contributed by atoms with van der Waals surface area (Å²) in [7, 11) is 0. The predicted molar refractivity (Wildman–Crippen MR) is 99.7 cm³/mol. The lowest BCUT2D eigenvalue weighted by molar-refractivity contribution is 0.0995. The summed E-state index contributed by atoms with van der Waals surface area (Å²) in [5.74, 6) is -0.148. The average molecular weight is 369 g/mol. The Morgan fingerprint density at radius 3 is 2.46 bits per heavy atom. The smallest absolute Gasteiger partial charge is 0.267 e. The molecule has 8 heteroatoms. The highest BCUT2D eigenvalue weighted by Gasteiger charge is 2.25. The van der Waals surface area contributed by atoms with E-state index in [1.54, 1.807) is 42.9 Å². The first-order valence-corrected chi connectivity index (χ1v) is 8.22. The van der Waals surface area contributed by atoms with Gasteiger partial charge in [0.05, 0.1) is 16.3 Å². The van der Waals surface area contributed by atoms with Crippen molar-refractivity contribution in [3.8, 4) is 11.1 Å². The van der Waals surface area contributed by atoms with E-state index in [2.05, 4.69) is 25.3 Å². The Bertz CT molecular complexity index is 942. The van der Waals surface area contributed by atoms with Gasteiger partial charge in [-0.1, -0.05) is 11.6 Å². The molecule has 3 heterocycles. The molecule has 0 aliphatic rings. The van der Waals surface area contributed by atoms with Gasteiger partial charge in [-0.3, -0.25) is 14.8 Å². The Hall–Kier alpha value is -3.06. The molecule has 0 saturated carbocycles. The standard InChI is InChI=1S/C18H17ClN6O/c1-18(2,15-13(19)4-3-6-22-15)25-17-23-9-12(10-24-17)11-5-7-21-14(8-11)16(20)26/h3-10H,1-2H3,(H2,20,26)(H,23,24,25). The molecule has 0 unspecified atom stereocenters. The van der Waals surface area contributed by atoms with Crippen molar-refractivity contribution in [2.45, 2.75) is 19.4 Å². The summed E-state index contributed by atoms with van der Waals surface area (Å²) in [5, 5.41) is 3.80. The third kappa shape index (κ3) is 3.78. The van der Waals surface area contributed by atoms with Crippen molar-refractivity contribution in [3.05, 3.63) is 65.5 Å². The molecule has 3 N–H and O–H groups in total. The van der Waals surface area contributed by atoms with Gasteiger partial charge in [0, 0.05) is 30.4 Å². The molecule has 0 fully saturated rings. The Morgan fingerprint density at radius 1 is 1.08 bits per heavy atom. The highest BCUT2D eigenvalue weighted by atomic mass is 35.5. The third-order valence-corrected chi connectivity index (χ3v) is 4.08. The van der Waals surface area contributed by atoms with Crippen molar-refractivity contribution in [1.82, 2.24) is 19.9 Å². The van der Waals surface area contributed by atoms with Gasteiger partial charge in [-0.05, 0) is 43.7 Å². The zero-order valence-corrected chi connectivity index (χ0v) is 15.0. The van der Waals surface area contributed by atoms with Crippen LogP contribution in [0.5, 0.6) is 0 Å². The molecular weight excluding hydrogens is 352 g/mol. The maximum Gasteiger partial charge on any atom is 0.267 e. The largest absolute Gasteiger partial charge is 0.364 e. The summed E-state index contributed by atoms with van der Waals surface area (Å²) in [6.07, 6.45) is 6.53. The van der Waals surface area contributed by atoms with E-state index in [-0.39, 0.29) is 5.69 Å². The summed E-state index contributed by atoms with van der Waals surface area (Å²) < 4.78 is 0. The summed E-state index contributed by atoms with van der Waals surface area (Å²) in [4.78, 5) is 28.2. The van der Waals surface area contributed by atoms with Crippen molar-refractivity contribution >= 4 is 23.5 Å². The monoisotopic (exact) mass is 368 g/mol. The van der Waals surface area contributed by atoms with Crippen molar-refractivity contribution in [2.75, 3.05) is 5.32 Å². The van der Waals surface area contributed by atoms with Gasteiger partial charge in [0.2, 0.25) is 5.95 Å². The summed E-state index contributed by atoms with van der Waals surface area (Å²) in [6.45, 7) is 3.89. The van der Waals surface area contributed by atoms with Gasteiger partial charge in [-0.25, -0.2) is 9.97 Å². The summed E-state index contributed by atoms with van der Waals surface area (Å²) in [5.41, 5.74) is 7.10. The number of aromatic nitrogens is 4. The number of rotatable bonds is 5. The molecule has 0 aliphatic heterocycles. The van der Waals surface area contributed by atoms with Crippen LogP contribution in [0, 0.1) is 0 Å². The molecule has 7 nitrogen and oxygen atoms in total. The lowest BCUT2D eigenvalue weighted by Gasteiger charge is -2.26. The van der Waals surface area contributed by atoms with Crippen LogP contribution in [0.15, 0.2) is 49.1 Å². The van der Waals surface area contributed by atoms with Gasteiger partial charge < -0.3 is 11.1 Å². The number of carbonyl (C=O) groups excluding carboxylic acids is 1. The molecule has 0 spiro atoms. The van der Waals surface area contributed by atoms with Crippen molar-refractivity contribution in [3.63, 3.8) is 0 Å². The number of carbonyl (C=O) groups is 1. The van der Waals surface area contributed by atoms with Gasteiger partial charge in [-0.2, -0.15) is 0 Å². The molecule has 0 saturated heterocycles. The number of pyridine rings is 2. The number of hydrogen-bond acceptors (Lipinski definition) is 6. The minimum Gasteiger partial charge on any atom is -0.364 e. The normalized spacial score (nSPS) is 11.2. The van der Waals surface area contributed by atoms with Crippen LogP contribution in [0.25, 0.3) is 11.1 Å². The fraction of sp³-hybridized carbons (Fsp3) is 0.167. The fourth-order valence-electron chi connectivity index (χ4n) is 2.47. The molecule has 0 radical (unpaired) electrons. The number of primary amides is 1. The fourth-order valence-corrected chi connectivity index (χ4v) is 2.83. The van der Waals surface area contributed by atoms with Crippen molar-refractivity contribution < 1.29 is 4.79 Å². The Kier molecular flexibility index (Phi) is 4.81. The molecule has 0 bridgehead atoms. The molecule has 3 aromatic rings. The van der Waals surface area contributed by atoms with Gasteiger partial charge in [-0.15, -0.1) is 0 Å². The molecule has 3 rings (SSSR count). The summed E-state index contributed by atoms with van der Waals surface area (Å²) >= 11 is 6.23. The number of amides is 1. The first-order valence-electron chi connectivity index (χ1n) is 7.84. The summed E-state index contributed by atoms with van der Waals surface area (Å²) in [6, 6.07) is 6.93. The van der Waals surface area contributed by atoms with Crippen LogP contribution < -0.4 is 11.1 Å². The molecule has 0 atom stereocenters. The molecule has 3 aromatic heterocycles. The lowest BCUT2D eigenvalue weighted by Crippen LogP contribution is -2.30. The highest BCUT2D eigenvalue weighted by Crippen LogP contribution is 2.28.